The van der Waals surface area contributed by atoms with E-state index < -0.39 is 15.4 Å². The van der Waals surface area contributed by atoms with Crippen LogP contribution in [0.1, 0.15) is 36.0 Å². The molecule has 0 bridgehead atoms. The van der Waals surface area contributed by atoms with Crippen molar-refractivity contribution in [1.82, 2.24) is 14.9 Å². The molecule has 10 heteroatoms. The van der Waals surface area contributed by atoms with E-state index in [4.69, 9.17) is 9.47 Å². The average molecular weight is 487 g/mol. The molecule has 0 radical (unpaired) electrons. The summed E-state index contributed by atoms with van der Waals surface area (Å²) in [4.78, 5) is 26.2. The number of benzene rings is 1. The zero-order valence-electron chi connectivity index (χ0n) is 19.3. The second-order valence-electron chi connectivity index (χ2n) is 9.37. The number of likely N-dealkylation sites (tertiary alicyclic amines) is 1. The molecule has 5 rings (SSSR count). The molecule has 2 aliphatic heterocycles. The van der Waals surface area contributed by atoms with Gasteiger partial charge in [0.1, 0.15) is 0 Å². The topological polar surface area (TPSA) is 102 Å². The Balaban J connectivity index is 1.26. The molecule has 1 aromatic heterocycles. The van der Waals surface area contributed by atoms with Gasteiger partial charge in [0, 0.05) is 44.7 Å². The highest BCUT2D eigenvalue weighted by atomic mass is 32.2. The van der Waals surface area contributed by atoms with E-state index in [1.165, 1.54) is 0 Å². The number of rotatable bonds is 6. The molecule has 1 aliphatic carbocycles. The molecule has 3 aliphatic rings. The maximum atomic E-state index is 13.1. The Hall–Kier alpha value is -2.56. The number of sulfone groups is 1. The number of methoxy groups -OCH3 is 1. The van der Waals surface area contributed by atoms with Crippen molar-refractivity contribution in [3.05, 3.63) is 48.3 Å². The van der Waals surface area contributed by atoms with Gasteiger partial charge in [-0.2, -0.15) is 0 Å². The summed E-state index contributed by atoms with van der Waals surface area (Å²) in [5.74, 6) is 0.587. The molecule has 1 spiro atoms. The Kier molecular flexibility index (Phi) is 6.30. The summed E-state index contributed by atoms with van der Waals surface area (Å²) in [6, 6.07) is 8.17. The van der Waals surface area contributed by atoms with Gasteiger partial charge in [0.15, 0.2) is 9.84 Å². The van der Waals surface area contributed by atoms with E-state index in [0.29, 0.717) is 62.0 Å². The summed E-state index contributed by atoms with van der Waals surface area (Å²) >= 11 is 0. The second kappa shape index (κ2) is 9.24. The Bertz CT molecular complexity index is 1110. The third-order valence-corrected chi connectivity index (χ3v) is 9.14. The number of nitrogens with zero attached hydrogens (tertiary/aromatic N) is 4. The van der Waals surface area contributed by atoms with Crippen LogP contribution in [0.5, 0.6) is 0 Å². The summed E-state index contributed by atoms with van der Waals surface area (Å²) in [6.07, 6.45) is 6.19. The number of anilines is 1. The first-order chi connectivity index (χ1) is 16.4. The van der Waals surface area contributed by atoms with Crippen LogP contribution in [0.15, 0.2) is 47.6 Å². The van der Waals surface area contributed by atoms with E-state index in [9.17, 15) is 13.2 Å². The van der Waals surface area contributed by atoms with E-state index >= 15 is 0 Å². The number of morpholine rings is 1. The van der Waals surface area contributed by atoms with Gasteiger partial charge in [0.05, 0.1) is 35.0 Å². The van der Waals surface area contributed by atoms with E-state index in [2.05, 4.69) is 14.9 Å². The molecule has 3 heterocycles. The van der Waals surface area contributed by atoms with Crippen LogP contribution in [-0.2, 0) is 19.3 Å². The van der Waals surface area contributed by atoms with Crippen molar-refractivity contribution >= 4 is 21.7 Å². The second-order valence-corrected chi connectivity index (χ2v) is 11.6. The smallest absolute Gasteiger partial charge is 0.253 e. The van der Waals surface area contributed by atoms with Crippen molar-refractivity contribution in [2.75, 3.05) is 44.8 Å². The third kappa shape index (κ3) is 4.67. The highest BCUT2D eigenvalue weighted by Crippen LogP contribution is 2.35. The third-order valence-electron chi connectivity index (χ3n) is 6.86. The molecule has 2 saturated heterocycles. The van der Waals surface area contributed by atoms with Gasteiger partial charge in [-0.05, 0) is 56.0 Å². The first kappa shape index (κ1) is 23.2. The van der Waals surface area contributed by atoms with E-state index in [-0.39, 0.29) is 17.3 Å². The van der Waals surface area contributed by atoms with Gasteiger partial charge in [-0.15, -0.1) is 0 Å². The number of carbonyl (C=O) groups is 1. The van der Waals surface area contributed by atoms with Gasteiger partial charge >= 0.3 is 0 Å². The number of hydrogen-bond acceptors (Lipinski definition) is 8. The predicted molar refractivity (Wildman–Crippen MR) is 126 cm³/mol. The number of ether oxygens (including phenoxy) is 2. The molecule has 9 nitrogen and oxygen atoms in total. The molecule has 1 atom stereocenters. The number of aromatic nitrogens is 2. The summed E-state index contributed by atoms with van der Waals surface area (Å²) in [5.41, 5.74) is 0.103. The van der Waals surface area contributed by atoms with Crippen molar-refractivity contribution in [1.29, 1.82) is 0 Å². The molecule has 0 N–H and O–H groups in total. The average Bonchev–Trinajstić information content (AvgIpc) is 3.71. The Morgan fingerprint density at radius 1 is 1.15 bits per heavy atom. The first-order valence-corrected chi connectivity index (χ1v) is 13.3. The minimum atomic E-state index is -3.26. The molecule has 182 valence electrons. The largest absolute Gasteiger partial charge is 0.382 e. The fourth-order valence-electron chi connectivity index (χ4n) is 4.90. The van der Waals surface area contributed by atoms with Gasteiger partial charge in [0.25, 0.3) is 5.91 Å². The fraction of sp³-hybridized carbons (Fsp3) is 0.542. The summed E-state index contributed by atoms with van der Waals surface area (Å²) in [6.45, 7) is 2.91. The normalized spacial score (nSPS) is 22.7. The minimum absolute atomic E-state index is 0.0854. The monoisotopic (exact) mass is 486 g/mol. The molecule has 1 amide bonds. The van der Waals surface area contributed by atoms with Crippen LogP contribution >= 0.6 is 0 Å². The van der Waals surface area contributed by atoms with Crippen LogP contribution in [0.4, 0.5) is 5.95 Å². The van der Waals surface area contributed by atoms with Crippen molar-refractivity contribution < 1.29 is 22.7 Å². The lowest BCUT2D eigenvalue weighted by atomic mass is 9.88. The minimum Gasteiger partial charge on any atom is -0.382 e. The zero-order chi connectivity index (χ0) is 23.8. The molecule has 1 aromatic carbocycles. The fourth-order valence-corrected chi connectivity index (χ4v) is 6.56. The molecule has 1 saturated carbocycles. The summed E-state index contributed by atoms with van der Waals surface area (Å²) in [7, 11) is -1.59. The highest BCUT2D eigenvalue weighted by Gasteiger charge is 2.44. The predicted octanol–water partition coefficient (Wildman–Crippen LogP) is 1.94. The lowest BCUT2D eigenvalue weighted by molar-refractivity contribution is -0.145. The SMILES string of the molecule is COCC1CN(c2ncccn2)CC2(CCN(C(=O)c3ccc(S(=O)(=O)C4CC4)cc3)CC2)O1. The van der Waals surface area contributed by atoms with Gasteiger partial charge < -0.3 is 19.3 Å². The van der Waals surface area contributed by atoms with Crippen molar-refractivity contribution in [2.45, 2.75) is 47.5 Å². The Labute approximate surface area is 200 Å². The number of amides is 1. The van der Waals surface area contributed by atoms with Gasteiger partial charge in [-0.1, -0.05) is 0 Å². The van der Waals surface area contributed by atoms with Crippen LogP contribution in [-0.4, -0.2) is 86.0 Å². The first-order valence-electron chi connectivity index (χ1n) is 11.7. The van der Waals surface area contributed by atoms with Crippen molar-refractivity contribution in [2.24, 2.45) is 0 Å². The number of hydrogen-bond donors (Lipinski definition) is 0. The van der Waals surface area contributed by atoms with Gasteiger partial charge in [0.2, 0.25) is 5.95 Å². The molecule has 1 unspecified atom stereocenters. The number of carbonyl (C=O) groups excluding carboxylic acids is 1. The Morgan fingerprint density at radius 3 is 2.44 bits per heavy atom. The van der Waals surface area contributed by atoms with E-state index in [0.717, 1.165) is 12.8 Å². The van der Waals surface area contributed by atoms with Crippen LogP contribution < -0.4 is 4.90 Å². The van der Waals surface area contributed by atoms with Crippen LogP contribution in [0.25, 0.3) is 0 Å². The maximum absolute atomic E-state index is 13.1. The Morgan fingerprint density at radius 2 is 1.82 bits per heavy atom. The highest BCUT2D eigenvalue weighted by molar-refractivity contribution is 7.92. The van der Waals surface area contributed by atoms with Crippen molar-refractivity contribution in [3.8, 4) is 0 Å². The van der Waals surface area contributed by atoms with Crippen LogP contribution in [0.3, 0.4) is 0 Å². The molecular formula is C24H30N4O5S. The quantitative estimate of drug-likeness (QED) is 0.611. The molecule has 3 fully saturated rings. The van der Waals surface area contributed by atoms with Gasteiger partial charge in [-0.3, -0.25) is 4.79 Å². The number of piperidine rings is 1. The lowest BCUT2D eigenvalue weighted by Crippen LogP contribution is -2.61. The molecule has 2 aromatic rings. The van der Waals surface area contributed by atoms with E-state index in [1.54, 1.807) is 49.8 Å². The van der Waals surface area contributed by atoms with Crippen LogP contribution in [0.2, 0.25) is 0 Å². The molecular weight excluding hydrogens is 456 g/mol. The molecule has 34 heavy (non-hydrogen) atoms. The standard InChI is InChI=1S/C24H30N4O5S/c1-32-16-19-15-28(23-25-11-2-12-26-23)17-24(33-19)9-13-27(14-10-24)22(29)18-3-5-20(6-4-18)34(30,31)21-7-8-21/h2-6,11-12,19,21H,7-10,13-17H2,1H3. The zero-order valence-corrected chi connectivity index (χ0v) is 20.1. The van der Waals surface area contributed by atoms with Crippen molar-refractivity contribution in [3.63, 3.8) is 0 Å². The van der Waals surface area contributed by atoms with Gasteiger partial charge in [-0.25, -0.2) is 18.4 Å². The maximum Gasteiger partial charge on any atom is 0.253 e. The van der Waals surface area contributed by atoms with E-state index in [1.807, 2.05) is 4.90 Å². The summed E-state index contributed by atoms with van der Waals surface area (Å²) in [5, 5.41) is -0.259. The summed E-state index contributed by atoms with van der Waals surface area (Å²) < 4.78 is 36.7. The lowest BCUT2D eigenvalue weighted by Gasteiger charge is -2.49. The van der Waals surface area contributed by atoms with Crippen LogP contribution in [0, 0.1) is 0 Å².